The maximum Gasteiger partial charge on any atom is 0.232 e. The Morgan fingerprint density at radius 1 is 1.33 bits per heavy atom. The zero-order valence-electron chi connectivity index (χ0n) is 10.1. The molecule has 1 heterocycles. The molecule has 0 radical (unpaired) electrons. The molecule has 0 amide bonds. The third kappa shape index (κ3) is 3.63. The van der Waals surface area contributed by atoms with Gasteiger partial charge in [0.15, 0.2) is 5.82 Å². The molecule has 0 spiro atoms. The highest BCUT2D eigenvalue weighted by atomic mass is 16.5. The van der Waals surface area contributed by atoms with Crippen molar-refractivity contribution < 1.29 is 9.63 Å². The Kier molecular flexibility index (Phi) is 3.50. The number of nitrogens with zero attached hydrogens (tertiary/aromatic N) is 2. The van der Waals surface area contributed by atoms with Crippen LogP contribution in [0, 0.1) is 5.41 Å². The van der Waals surface area contributed by atoms with Crippen molar-refractivity contribution in [3.8, 4) is 0 Å². The molecule has 4 nitrogen and oxygen atoms in total. The Labute approximate surface area is 90.7 Å². The fourth-order valence-electron chi connectivity index (χ4n) is 1.20. The molecular weight excluding hydrogens is 192 g/mol. The molecule has 15 heavy (non-hydrogen) atoms. The van der Waals surface area contributed by atoms with Crippen molar-refractivity contribution >= 4 is 0 Å². The normalized spacial score (nSPS) is 16.4. The van der Waals surface area contributed by atoms with Crippen LogP contribution in [0.15, 0.2) is 4.52 Å². The van der Waals surface area contributed by atoms with E-state index >= 15 is 0 Å². The Morgan fingerprint density at radius 2 is 1.93 bits per heavy atom. The first-order valence-electron chi connectivity index (χ1n) is 5.30. The molecule has 0 aliphatic heterocycles. The predicted molar refractivity (Wildman–Crippen MR) is 57.6 cm³/mol. The van der Waals surface area contributed by atoms with Crippen molar-refractivity contribution in [3.63, 3.8) is 0 Å². The van der Waals surface area contributed by atoms with Gasteiger partial charge in [-0.05, 0) is 12.3 Å². The molecule has 0 aliphatic rings. The summed E-state index contributed by atoms with van der Waals surface area (Å²) in [5.74, 6) is 1.13. The zero-order valence-corrected chi connectivity index (χ0v) is 10.1. The van der Waals surface area contributed by atoms with Gasteiger partial charge < -0.3 is 9.63 Å². The SMILES string of the molecule is CC(O)C(C)c1nc(CC(C)(C)C)no1. The second kappa shape index (κ2) is 4.31. The molecule has 2 unspecified atom stereocenters. The smallest absolute Gasteiger partial charge is 0.232 e. The maximum absolute atomic E-state index is 9.39. The minimum atomic E-state index is -0.465. The van der Waals surface area contributed by atoms with E-state index in [1.807, 2.05) is 6.92 Å². The fraction of sp³-hybridized carbons (Fsp3) is 0.818. The number of aliphatic hydroxyl groups excluding tert-OH is 1. The van der Waals surface area contributed by atoms with E-state index in [1.54, 1.807) is 6.92 Å². The van der Waals surface area contributed by atoms with Gasteiger partial charge in [0.25, 0.3) is 0 Å². The molecule has 1 aromatic rings. The molecule has 0 bridgehead atoms. The highest BCUT2D eigenvalue weighted by Gasteiger charge is 2.21. The largest absolute Gasteiger partial charge is 0.393 e. The Balaban J connectivity index is 2.72. The van der Waals surface area contributed by atoms with Crippen LogP contribution in [-0.4, -0.2) is 21.4 Å². The molecule has 0 aliphatic carbocycles. The number of aromatic nitrogens is 2. The molecule has 0 saturated carbocycles. The lowest BCUT2D eigenvalue weighted by atomic mass is 9.92. The van der Waals surface area contributed by atoms with Crippen molar-refractivity contribution in [2.45, 2.75) is 53.1 Å². The molecule has 2 atom stereocenters. The highest BCUT2D eigenvalue weighted by molar-refractivity contribution is 4.96. The first-order chi connectivity index (χ1) is 6.79. The van der Waals surface area contributed by atoms with Crippen molar-refractivity contribution in [1.29, 1.82) is 0 Å². The van der Waals surface area contributed by atoms with Gasteiger partial charge in [0.2, 0.25) is 5.89 Å². The molecule has 4 heteroatoms. The van der Waals surface area contributed by atoms with Gasteiger partial charge in [-0.25, -0.2) is 0 Å². The van der Waals surface area contributed by atoms with E-state index in [1.165, 1.54) is 0 Å². The van der Waals surface area contributed by atoms with Crippen LogP contribution in [0.2, 0.25) is 0 Å². The lowest BCUT2D eigenvalue weighted by Gasteiger charge is -2.14. The number of hydrogen-bond donors (Lipinski definition) is 1. The lowest BCUT2D eigenvalue weighted by molar-refractivity contribution is 0.151. The summed E-state index contributed by atoms with van der Waals surface area (Å²) in [6.45, 7) is 9.97. The lowest BCUT2D eigenvalue weighted by Crippen LogP contribution is -2.12. The van der Waals surface area contributed by atoms with Crippen LogP contribution in [0.25, 0.3) is 0 Å². The van der Waals surface area contributed by atoms with E-state index in [4.69, 9.17) is 4.52 Å². The van der Waals surface area contributed by atoms with Crippen molar-refractivity contribution in [2.24, 2.45) is 5.41 Å². The summed E-state index contributed by atoms with van der Waals surface area (Å²) >= 11 is 0. The maximum atomic E-state index is 9.39. The molecule has 0 fully saturated rings. The number of aliphatic hydroxyl groups is 1. The van der Waals surface area contributed by atoms with E-state index in [0.717, 1.165) is 6.42 Å². The molecule has 1 rings (SSSR count). The van der Waals surface area contributed by atoms with Crippen LogP contribution in [-0.2, 0) is 6.42 Å². The van der Waals surface area contributed by atoms with Crippen molar-refractivity contribution in [1.82, 2.24) is 10.1 Å². The second-order valence-electron chi connectivity index (χ2n) is 5.32. The Bertz CT molecular complexity index is 313. The summed E-state index contributed by atoms with van der Waals surface area (Å²) < 4.78 is 5.11. The highest BCUT2D eigenvalue weighted by Crippen LogP contribution is 2.21. The van der Waals surface area contributed by atoms with Crippen LogP contribution in [0.3, 0.4) is 0 Å². The van der Waals surface area contributed by atoms with E-state index in [0.29, 0.717) is 11.7 Å². The fourth-order valence-corrected chi connectivity index (χ4v) is 1.20. The van der Waals surface area contributed by atoms with Gasteiger partial charge in [0, 0.05) is 6.42 Å². The molecule has 1 N–H and O–H groups in total. The summed E-state index contributed by atoms with van der Waals surface area (Å²) in [5, 5.41) is 13.3. The average molecular weight is 212 g/mol. The predicted octanol–water partition coefficient (Wildman–Crippen LogP) is 2.14. The first kappa shape index (κ1) is 12.2. The number of hydrogen-bond acceptors (Lipinski definition) is 4. The Hall–Kier alpha value is -0.900. The molecule has 0 aromatic carbocycles. The van der Waals surface area contributed by atoms with E-state index in [2.05, 4.69) is 30.9 Å². The minimum absolute atomic E-state index is 0.105. The molecule has 1 aromatic heterocycles. The second-order valence-corrected chi connectivity index (χ2v) is 5.32. The summed E-state index contributed by atoms with van der Waals surface area (Å²) in [6, 6.07) is 0. The van der Waals surface area contributed by atoms with Gasteiger partial charge in [0.1, 0.15) is 0 Å². The van der Waals surface area contributed by atoms with Crippen molar-refractivity contribution in [3.05, 3.63) is 11.7 Å². The summed E-state index contributed by atoms with van der Waals surface area (Å²) in [6.07, 6.45) is 0.316. The summed E-state index contributed by atoms with van der Waals surface area (Å²) in [7, 11) is 0. The zero-order chi connectivity index (χ0) is 11.6. The van der Waals surface area contributed by atoms with Gasteiger partial charge in [-0.3, -0.25) is 0 Å². The first-order valence-corrected chi connectivity index (χ1v) is 5.30. The van der Waals surface area contributed by atoms with Crippen molar-refractivity contribution in [2.75, 3.05) is 0 Å². The van der Waals surface area contributed by atoms with Gasteiger partial charge >= 0.3 is 0 Å². The minimum Gasteiger partial charge on any atom is -0.393 e. The topological polar surface area (TPSA) is 59.2 Å². The summed E-state index contributed by atoms with van der Waals surface area (Å²) in [5.41, 5.74) is 0.148. The monoisotopic (exact) mass is 212 g/mol. The van der Waals surface area contributed by atoms with Crippen LogP contribution in [0.1, 0.15) is 52.3 Å². The Morgan fingerprint density at radius 3 is 2.40 bits per heavy atom. The van der Waals surface area contributed by atoms with E-state index < -0.39 is 6.10 Å². The summed E-state index contributed by atoms with van der Waals surface area (Å²) in [4.78, 5) is 4.28. The standard InChI is InChI=1S/C11H20N2O2/c1-7(8(2)14)10-12-9(13-15-10)6-11(3,4)5/h7-8,14H,6H2,1-5H3. The third-order valence-electron chi connectivity index (χ3n) is 2.29. The molecule has 86 valence electrons. The van der Waals surface area contributed by atoms with Gasteiger partial charge in [-0.15, -0.1) is 0 Å². The van der Waals surface area contributed by atoms with E-state index in [9.17, 15) is 5.11 Å². The third-order valence-corrected chi connectivity index (χ3v) is 2.29. The van der Waals surface area contributed by atoms with Crippen LogP contribution >= 0.6 is 0 Å². The van der Waals surface area contributed by atoms with E-state index in [-0.39, 0.29) is 11.3 Å². The average Bonchev–Trinajstić information content (AvgIpc) is 2.48. The number of rotatable bonds is 3. The molecule has 0 saturated heterocycles. The quantitative estimate of drug-likeness (QED) is 0.834. The van der Waals surface area contributed by atoms with Gasteiger partial charge in [0.05, 0.1) is 12.0 Å². The van der Waals surface area contributed by atoms with Crippen LogP contribution in [0.5, 0.6) is 0 Å². The van der Waals surface area contributed by atoms with Crippen LogP contribution in [0.4, 0.5) is 0 Å². The van der Waals surface area contributed by atoms with Crippen LogP contribution < -0.4 is 0 Å². The van der Waals surface area contributed by atoms with Gasteiger partial charge in [-0.1, -0.05) is 32.9 Å². The molecular formula is C11H20N2O2. The van der Waals surface area contributed by atoms with Gasteiger partial charge in [-0.2, -0.15) is 4.98 Å².